The molecule has 0 spiro atoms. The van der Waals surface area contributed by atoms with Crippen LogP contribution in [0, 0.1) is 0 Å². The number of nitrogens with two attached hydrogens (primary N) is 1. The van der Waals surface area contributed by atoms with Crippen molar-refractivity contribution in [2.75, 3.05) is 0 Å². The largest absolute Gasteiger partial charge is 0.481 e. The molecule has 0 bridgehead atoms. The molecule has 0 aromatic heterocycles. The third kappa shape index (κ3) is 3.58. The second-order valence-corrected chi connectivity index (χ2v) is 3.57. The number of aliphatic carboxylic acids is 1. The van der Waals surface area contributed by atoms with Gasteiger partial charge >= 0.3 is 5.97 Å². The Morgan fingerprint density at radius 1 is 1.36 bits per heavy atom. The number of hydrogen-bond donors (Lipinski definition) is 2. The quantitative estimate of drug-likeness (QED) is 0.755. The Kier molecular flexibility index (Phi) is 3.65. The van der Waals surface area contributed by atoms with Crippen LogP contribution >= 0.6 is 0 Å². The van der Waals surface area contributed by atoms with Crippen molar-refractivity contribution in [3.05, 3.63) is 35.4 Å². The van der Waals surface area contributed by atoms with Gasteiger partial charge in [-0.1, -0.05) is 24.3 Å². The fourth-order valence-corrected chi connectivity index (χ4v) is 1.34. The Hall–Kier alpha value is -1.35. The maximum atomic E-state index is 10.4. The van der Waals surface area contributed by atoms with Gasteiger partial charge < -0.3 is 10.8 Å². The van der Waals surface area contributed by atoms with Crippen LogP contribution in [0.1, 0.15) is 18.1 Å². The van der Waals surface area contributed by atoms with Gasteiger partial charge in [-0.3, -0.25) is 4.79 Å². The molecule has 0 aliphatic rings. The molecule has 0 amide bonds. The van der Waals surface area contributed by atoms with E-state index in [0.717, 1.165) is 17.5 Å². The third-order valence-electron chi connectivity index (χ3n) is 1.94. The minimum Gasteiger partial charge on any atom is -0.481 e. The van der Waals surface area contributed by atoms with Crippen LogP contribution in [0.3, 0.4) is 0 Å². The molecule has 0 saturated heterocycles. The van der Waals surface area contributed by atoms with E-state index in [2.05, 4.69) is 0 Å². The molecule has 0 saturated carbocycles. The van der Waals surface area contributed by atoms with Gasteiger partial charge in [0.05, 0.1) is 6.42 Å². The monoisotopic (exact) mass is 193 g/mol. The van der Waals surface area contributed by atoms with Crippen LogP contribution in [0.25, 0.3) is 0 Å². The fourth-order valence-electron chi connectivity index (χ4n) is 1.34. The van der Waals surface area contributed by atoms with E-state index in [1.54, 1.807) is 0 Å². The van der Waals surface area contributed by atoms with Crippen LogP contribution in [0.15, 0.2) is 24.3 Å². The van der Waals surface area contributed by atoms with E-state index in [0.29, 0.717) is 0 Å². The van der Waals surface area contributed by atoms with E-state index < -0.39 is 5.97 Å². The first-order valence-electron chi connectivity index (χ1n) is 4.63. The average molecular weight is 193 g/mol. The summed E-state index contributed by atoms with van der Waals surface area (Å²) in [5, 5.41) is 8.56. The number of hydrogen-bond acceptors (Lipinski definition) is 2. The van der Waals surface area contributed by atoms with Crippen molar-refractivity contribution >= 4 is 5.97 Å². The van der Waals surface area contributed by atoms with E-state index in [-0.39, 0.29) is 12.5 Å². The summed E-state index contributed by atoms with van der Waals surface area (Å²) in [6, 6.07) is 7.68. The topological polar surface area (TPSA) is 63.3 Å². The minimum atomic E-state index is -0.801. The molecule has 1 atom stereocenters. The Balaban J connectivity index is 2.63. The van der Waals surface area contributed by atoms with Crippen LogP contribution < -0.4 is 5.73 Å². The molecule has 0 heterocycles. The number of carbonyl (C=O) groups is 1. The lowest BCUT2D eigenvalue weighted by molar-refractivity contribution is -0.136. The maximum absolute atomic E-state index is 10.4. The Morgan fingerprint density at radius 2 is 1.86 bits per heavy atom. The van der Waals surface area contributed by atoms with Gasteiger partial charge in [-0.15, -0.1) is 0 Å². The van der Waals surface area contributed by atoms with Gasteiger partial charge in [0.1, 0.15) is 0 Å². The molecule has 0 unspecified atom stereocenters. The third-order valence-corrected chi connectivity index (χ3v) is 1.94. The lowest BCUT2D eigenvalue weighted by Crippen LogP contribution is -2.17. The zero-order valence-electron chi connectivity index (χ0n) is 8.23. The second kappa shape index (κ2) is 4.77. The van der Waals surface area contributed by atoms with E-state index in [1.165, 1.54) is 0 Å². The van der Waals surface area contributed by atoms with Gasteiger partial charge in [0.25, 0.3) is 0 Å². The number of rotatable bonds is 4. The second-order valence-electron chi connectivity index (χ2n) is 3.57. The maximum Gasteiger partial charge on any atom is 0.307 e. The highest BCUT2D eigenvalue weighted by atomic mass is 16.4. The van der Waals surface area contributed by atoms with Gasteiger partial charge in [-0.05, 0) is 24.5 Å². The first kappa shape index (κ1) is 10.7. The first-order chi connectivity index (χ1) is 6.58. The van der Waals surface area contributed by atoms with Crippen molar-refractivity contribution in [1.82, 2.24) is 0 Å². The zero-order valence-corrected chi connectivity index (χ0v) is 8.23. The summed E-state index contributed by atoms with van der Waals surface area (Å²) < 4.78 is 0. The molecule has 14 heavy (non-hydrogen) atoms. The summed E-state index contributed by atoms with van der Waals surface area (Å²) in [4.78, 5) is 10.4. The average Bonchev–Trinajstić information content (AvgIpc) is 2.06. The first-order valence-corrected chi connectivity index (χ1v) is 4.63. The number of carboxylic acid groups (broad SMARTS) is 1. The molecule has 0 fully saturated rings. The summed E-state index contributed by atoms with van der Waals surface area (Å²) in [5.74, 6) is -0.801. The van der Waals surface area contributed by atoms with Crippen molar-refractivity contribution < 1.29 is 9.90 Å². The number of carboxylic acids is 1. The number of benzene rings is 1. The van der Waals surface area contributed by atoms with E-state index >= 15 is 0 Å². The van der Waals surface area contributed by atoms with Crippen LogP contribution in [-0.4, -0.2) is 17.1 Å². The van der Waals surface area contributed by atoms with Crippen LogP contribution in [0.2, 0.25) is 0 Å². The fraction of sp³-hybridized carbons (Fsp3) is 0.364. The standard InChI is InChI=1S/C11H15NO2/c1-8(12)6-9-2-4-10(5-3-9)7-11(13)14/h2-5,8H,6-7,12H2,1H3,(H,13,14)/t8-/m0/s1. The van der Waals surface area contributed by atoms with Crippen molar-refractivity contribution in [3.8, 4) is 0 Å². The highest BCUT2D eigenvalue weighted by Crippen LogP contribution is 2.06. The summed E-state index contributed by atoms with van der Waals surface area (Å²) >= 11 is 0. The lowest BCUT2D eigenvalue weighted by atomic mass is 10.0. The van der Waals surface area contributed by atoms with Crippen molar-refractivity contribution in [1.29, 1.82) is 0 Å². The molecule has 0 aliphatic heterocycles. The van der Waals surface area contributed by atoms with Gasteiger partial charge in [0.15, 0.2) is 0 Å². The van der Waals surface area contributed by atoms with Gasteiger partial charge in [0, 0.05) is 6.04 Å². The van der Waals surface area contributed by atoms with Crippen LogP contribution in [0.4, 0.5) is 0 Å². The highest BCUT2D eigenvalue weighted by Gasteiger charge is 2.01. The smallest absolute Gasteiger partial charge is 0.307 e. The molecule has 3 nitrogen and oxygen atoms in total. The molecule has 1 aromatic carbocycles. The normalized spacial score (nSPS) is 12.4. The predicted molar refractivity (Wildman–Crippen MR) is 55.1 cm³/mol. The van der Waals surface area contributed by atoms with E-state index in [9.17, 15) is 4.79 Å². The minimum absolute atomic E-state index is 0.0818. The Morgan fingerprint density at radius 3 is 2.29 bits per heavy atom. The Bertz CT molecular complexity index is 304. The Labute approximate surface area is 83.6 Å². The van der Waals surface area contributed by atoms with Gasteiger partial charge in [0.2, 0.25) is 0 Å². The van der Waals surface area contributed by atoms with Crippen molar-refractivity contribution in [2.45, 2.75) is 25.8 Å². The van der Waals surface area contributed by atoms with Crippen molar-refractivity contribution in [3.63, 3.8) is 0 Å². The summed E-state index contributed by atoms with van der Waals surface area (Å²) in [5.41, 5.74) is 7.62. The van der Waals surface area contributed by atoms with E-state index in [1.807, 2.05) is 31.2 Å². The van der Waals surface area contributed by atoms with Gasteiger partial charge in [-0.25, -0.2) is 0 Å². The molecule has 0 radical (unpaired) electrons. The summed E-state index contributed by atoms with van der Waals surface area (Å²) in [6.07, 6.45) is 0.909. The molecule has 76 valence electrons. The van der Waals surface area contributed by atoms with Crippen LogP contribution in [-0.2, 0) is 17.6 Å². The lowest BCUT2D eigenvalue weighted by Gasteiger charge is -2.05. The molecular formula is C11H15NO2. The molecule has 3 N–H and O–H groups in total. The highest BCUT2D eigenvalue weighted by molar-refractivity contribution is 5.70. The molecule has 1 aromatic rings. The summed E-state index contributed by atoms with van der Waals surface area (Å²) in [7, 11) is 0. The molecule has 3 heteroatoms. The molecular weight excluding hydrogens is 178 g/mol. The zero-order chi connectivity index (χ0) is 10.6. The molecule has 0 aliphatic carbocycles. The summed E-state index contributed by atoms with van der Waals surface area (Å²) in [6.45, 7) is 1.95. The van der Waals surface area contributed by atoms with Gasteiger partial charge in [-0.2, -0.15) is 0 Å². The van der Waals surface area contributed by atoms with E-state index in [4.69, 9.17) is 10.8 Å². The predicted octanol–water partition coefficient (Wildman–Crippen LogP) is 1.20. The van der Waals surface area contributed by atoms with Crippen molar-refractivity contribution in [2.24, 2.45) is 5.73 Å². The molecule has 1 rings (SSSR count). The SMILES string of the molecule is C[C@H](N)Cc1ccc(CC(=O)O)cc1. The van der Waals surface area contributed by atoms with Crippen LogP contribution in [0.5, 0.6) is 0 Å².